The summed E-state index contributed by atoms with van der Waals surface area (Å²) in [6, 6.07) is 6.47. The van der Waals surface area contributed by atoms with Gasteiger partial charge in [-0.2, -0.15) is 9.98 Å². The molecule has 0 spiro atoms. The Balaban J connectivity index is 0.00000144. The largest absolute Gasteiger partial charge is 0.240 e. The van der Waals surface area contributed by atoms with Crippen LogP contribution in [-0.4, -0.2) is 36.1 Å². The molecule has 1 rings (SSSR count). The van der Waals surface area contributed by atoms with Gasteiger partial charge in [-0.05, 0) is 12.1 Å². The predicted molar refractivity (Wildman–Crippen MR) is 47.8 cm³/mol. The van der Waals surface area contributed by atoms with Gasteiger partial charge >= 0.3 is 0 Å². The minimum Gasteiger partial charge on any atom is -0.211 e. The number of hydrogen-bond acceptors (Lipinski definition) is 4. The predicted octanol–water partition coefficient (Wildman–Crippen LogP) is 1.24. The summed E-state index contributed by atoms with van der Waals surface area (Å²) in [5, 5.41) is 0. The molecular formula is C8H4N2O2Sn. The normalized spacial score (nSPS) is 7.38. The van der Waals surface area contributed by atoms with Crippen molar-refractivity contribution in [1.29, 1.82) is 0 Å². The first-order chi connectivity index (χ1) is 5.88. The first kappa shape index (κ1) is 11.8. The molecule has 1 aromatic rings. The van der Waals surface area contributed by atoms with Crippen LogP contribution in [0, 0.1) is 0 Å². The van der Waals surface area contributed by atoms with Crippen LogP contribution in [0.1, 0.15) is 0 Å². The fourth-order valence-electron chi connectivity index (χ4n) is 0.752. The maximum atomic E-state index is 9.90. The summed E-state index contributed by atoms with van der Waals surface area (Å²) in [6.07, 6.45) is 2.74. The fraction of sp³-hybridized carbons (Fsp3) is 0. The average Bonchev–Trinajstić information content (AvgIpc) is 2.09. The van der Waals surface area contributed by atoms with E-state index < -0.39 is 0 Å². The molecule has 0 atom stereocenters. The van der Waals surface area contributed by atoms with E-state index in [1.54, 1.807) is 24.3 Å². The molecule has 0 aliphatic rings. The van der Waals surface area contributed by atoms with Crippen LogP contribution in [0.5, 0.6) is 0 Å². The second kappa shape index (κ2) is 6.31. The summed E-state index contributed by atoms with van der Waals surface area (Å²) >= 11 is 0. The fourth-order valence-corrected chi connectivity index (χ4v) is 0.752. The topological polar surface area (TPSA) is 58.9 Å². The summed E-state index contributed by atoms with van der Waals surface area (Å²) in [6.45, 7) is 0. The van der Waals surface area contributed by atoms with Crippen molar-refractivity contribution in [1.82, 2.24) is 0 Å². The molecule has 4 nitrogen and oxygen atoms in total. The third-order valence-corrected chi connectivity index (χ3v) is 1.21. The Morgan fingerprint density at radius 2 is 1.31 bits per heavy atom. The van der Waals surface area contributed by atoms with Gasteiger partial charge in [-0.3, -0.25) is 0 Å². The van der Waals surface area contributed by atoms with Crippen LogP contribution in [-0.2, 0) is 9.59 Å². The number of carbonyl (C=O) groups excluding carboxylic acids is 2. The van der Waals surface area contributed by atoms with Gasteiger partial charge in [0, 0.05) is 23.9 Å². The maximum absolute atomic E-state index is 9.90. The van der Waals surface area contributed by atoms with Crippen LogP contribution < -0.4 is 0 Å². The first-order valence-electron chi connectivity index (χ1n) is 3.13. The summed E-state index contributed by atoms with van der Waals surface area (Å²) in [5.41, 5.74) is 0.631. The molecule has 0 saturated carbocycles. The van der Waals surface area contributed by atoms with Crippen LogP contribution in [0.25, 0.3) is 0 Å². The molecule has 0 bridgehead atoms. The molecule has 4 radical (unpaired) electrons. The van der Waals surface area contributed by atoms with Crippen molar-refractivity contribution in [3.8, 4) is 0 Å². The van der Waals surface area contributed by atoms with Crippen LogP contribution >= 0.6 is 0 Å². The van der Waals surface area contributed by atoms with Crippen LogP contribution in [0.4, 0.5) is 11.4 Å². The summed E-state index contributed by atoms with van der Waals surface area (Å²) in [5.74, 6) is 0. The molecule has 0 amide bonds. The Hall–Kier alpha value is -1.22. The van der Waals surface area contributed by atoms with E-state index in [0.717, 1.165) is 0 Å². The van der Waals surface area contributed by atoms with Crippen LogP contribution in [0.3, 0.4) is 0 Å². The zero-order chi connectivity index (χ0) is 8.81. The molecule has 0 aliphatic heterocycles. The number of aliphatic imine (C=N–C) groups is 2. The molecule has 0 N–H and O–H groups in total. The van der Waals surface area contributed by atoms with E-state index in [9.17, 15) is 9.59 Å². The van der Waals surface area contributed by atoms with Crippen LogP contribution in [0.2, 0.25) is 0 Å². The Morgan fingerprint density at radius 3 is 1.62 bits per heavy atom. The number of rotatable bonds is 2. The van der Waals surface area contributed by atoms with Gasteiger partial charge in [0.25, 0.3) is 0 Å². The maximum Gasteiger partial charge on any atom is 0.240 e. The van der Waals surface area contributed by atoms with Crippen molar-refractivity contribution in [3.63, 3.8) is 0 Å². The van der Waals surface area contributed by atoms with Gasteiger partial charge in [0.2, 0.25) is 12.2 Å². The summed E-state index contributed by atoms with van der Waals surface area (Å²) in [7, 11) is 0. The van der Waals surface area contributed by atoms with Crippen LogP contribution in [0.15, 0.2) is 34.3 Å². The van der Waals surface area contributed by atoms with Gasteiger partial charge in [-0.25, -0.2) is 9.59 Å². The van der Waals surface area contributed by atoms with Gasteiger partial charge in [0.15, 0.2) is 0 Å². The first-order valence-corrected chi connectivity index (χ1v) is 3.13. The molecule has 0 aliphatic carbocycles. The zero-order valence-corrected chi connectivity index (χ0v) is 9.37. The minimum absolute atomic E-state index is 0. The van der Waals surface area contributed by atoms with Crippen molar-refractivity contribution in [2.45, 2.75) is 0 Å². The Bertz CT molecular complexity index is 342. The Kier molecular flexibility index (Phi) is 5.72. The van der Waals surface area contributed by atoms with Crippen molar-refractivity contribution in [2.24, 2.45) is 9.98 Å². The SMILES string of the molecule is O=C=Nc1ccccc1N=C=O.[Sn]. The summed E-state index contributed by atoms with van der Waals surface area (Å²) < 4.78 is 0. The van der Waals surface area contributed by atoms with Gasteiger partial charge in [0.05, 0.1) is 0 Å². The van der Waals surface area contributed by atoms with Gasteiger partial charge in [0.1, 0.15) is 11.4 Å². The molecule has 1 aromatic carbocycles. The second-order valence-corrected chi connectivity index (χ2v) is 1.89. The molecule has 0 fully saturated rings. The average molecular weight is 279 g/mol. The van der Waals surface area contributed by atoms with Gasteiger partial charge < -0.3 is 0 Å². The van der Waals surface area contributed by atoms with Crippen molar-refractivity contribution in [2.75, 3.05) is 0 Å². The van der Waals surface area contributed by atoms with E-state index in [0.29, 0.717) is 11.4 Å². The molecule has 0 saturated heterocycles. The van der Waals surface area contributed by atoms with Crippen molar-refractivity contribution >= 4 is 47.4 Å². The number of isocyanates is 2. The molecule has 13 heavy (non-hydrogen) atoms. The zero-order valence-electron chi connectivity index (χ0n) is 6.52. The monoisotopic (exact) mass is 280 g/mol. The quantitative estimate of drug-likeness (QED) is 0.464. The summed E-state index contributed by atoms with van der Waals surface area (Å²) in [4.78, 5) is 26.5. The number of nitrogens with zero attached hydrogens (tertiary/aromatic N) is 2. The molecule has 0 aromatic heterocycles. The third-order valence-electron chi connectivity index (χ3n) is 1.21. The number of hydrogen-bond donors (Lipinski definition) is 0. The second-order valence-electron chi connectivity index (χ2n) is 1.89. The number of benzene rings is 1. The van der Waals surface area contributed by atoms with E-state index in [1.165, 1.54) is 12.2 Å². The molecular weight excluding hydrogens is 275 g/mol. The van der Waals surface area contributed by atoms with Crippen molar-refractivity contribution < 1.29 is 9.59 Å². The molecule has 5 heteroatoms. The van der Waals surface area contributed by atoms with Crippen molar-refractivity contribution in [3.05, 3.63) is 24.3 Å². The standard InChI is InChI=1S/C8H4N2O2.Sn/c11-5-9-7-3-1-2-4-8(7)10-6-12;/h1-4H;. The Morgan fingerprint density at radius 1 is 0.923 bits per heavy atom. The molecule has 0 unspecified atom stereocenters. The van der Waals surface area contributed by atoms with E-state index in [-0.39, 0.29) is 23.9 Å². The van der Waals surface area contributed by atoms with Gasteiger partial charge in [-0.1, -0.05) is 12.1 Å². The van der Waals surface area contributed by atoms with E-state index in [2.05, 4.69) is 9.98 Å². The number of para-hydroxylation sites is 2. The van der Waals surface area contributed by atoms with E-state index in [1.807, 2.05) is 0 Å². The Labute approximate surface area is 91.4 Å². The molecule has 0 heterocycles. The van der Waals surface area contributed by atoms with E-state index >= 15 is 0 Å². The third kappa shape index (κ3) is 3.34. The van der Waals surface area contributed by atoms with E-state index in [4.69, 9.17) is 0 Å². The minimum atomic E-state index is 0. The molecule has 62 valence electrons. The van der Waals surface area contributed by atoms with Gasteiger partial charge in [-0.15, -0.1) is 0 Å². The smallest absolute Gasteiger partial charge is 0.211 e.